The van der Waals surface area contributed by atoms with Crippen LogP contribution in [0.3, 0.4) is 0 Å². The second kappa shape index (κ2) is 13.9. The van der Waals surface area contributed by atoms with Crippen molar-refractivity contribution >= 4 is 45.5 Å². The maximum Gasteiger partial charge on any atom is 0.415 e. The summed E-state index contributed by atoms with van der Waals surface area (Å²) in [5.41, 5.74) is 2.43. The van der Waals surface area contributed by atoms with Gasteiger partial charge in [-0.3, -0.25) is 10.3 Å². The van der Waals surface area contributed by atoms with Crippen LogP contribution in [0.15, 0.2) is 53.3 Å². The monoisotopic (exact) mass is 627 g/mol. The van der Waals surface area contributed by atoms with Gasteiger partial charge in [0, 0.05) is 11.0 Å². The minimum Gasteiger partial charge on any atom is -0.489 e. The highest BCUT2D eigenvalue weighted by atomic mass is 79.9. The van der Waals surface area contributed by atoms with E-state index in [1.54, 1.807) is 32.2 Å². The Morgan fingerprint density at radius 2 is 1.88 bits per heavy atom. The minimum absolute atomic E-state index is 0.124. The van der Waals surface area contributed by atoms with E-state index in [0.29, 0.717) is 41.7 Å². The first-order chi connectivity index (χ1) is 19.7. The van der Waals surface area contributed by atoms with Crippen molar-refractivity contribution in [3.8, 4) is 11.5 Å². The molecule has 1 aromatic heterocycles. The van der Waals surface area contributed by atoms with Gasteiger partial charge in [-0.2, -0.15) is 0 Å². The molecule has 13 heteroatoms. The fourth-order valence-electron chi connectivity index (χ4n) is 3.81. The van der Waals surface area contributed by atoms with Gasteiger partial charge in [-0.15, -0.1) is 0 Å². The number of hydrogen-bond acceptors (Lipinski definition) is 9. The number of nitrogens with zero attached hydrogens (tertiary/aromatic N) is 3. The zero-order valence-electron chi connectivity index (χ0n) is 22.8. The number of hydrogen-bond donors (Lipinski definition) is 2. The summed E-state index contributed by atoms with van der Waals surface area (Å²) < 4.78 is 23.1. The van der Waals surface area contributed by atoms with Gasteiger partial charge in [0.25, 0.3) is 0 Å². The quantitative estimate of drug-likeness (QED) is 0.332. The molecular formula is C28H30BrN5O7. The van der Waals surface area contributed by atoms with E-state index >= 15 is 0 Å². The molecule has 12 nitrogen and oxygen atoms in total. The standard InChI is InChI=1S/C28H30BrN5O7/c1-4-38-26(35)19-5-7-20(8-6-19)41-28(37)34-9-10-39-21(15-34)16-40-24-11-17(2)22(29)12-23(24)32-27(36)33-25-14-30-18(3)13-31-25/h5-8,11-14,21H,4,9-10,15-16H2,1-3H3,(H2,31,32,33,36)/t21-/m1/s1. The van der Waals surface area contributed by atoms with Crippen molar-refractivity contribution in [1.82, 2.24) is 14.9 Å². The minimum atomic E-state index is -0.542. The molecule has 1 aliphatic rings. The maximum atomic E-state index is 12.8. The zero-order valence-corrected chi connectivity index (χ0v) is 24.4. The van der Waals surface area contributed by atoms with Crippen LogP contribution in [0, 0.1) is 13.8 Å². The zero-order chi connectivity index (χ0) is 29.4. The number of nitrogens with one attached hydrogen (secondary N) is 2. The number of carbonyl (C=O) groups excluding carboxylic acids is 3. The number of halogens is 1. The molecule has 216 valence electrons. The molecule has 0 unspecified atom stereocenters. The average Bonchev–Trinajstić information content (AvgIpc) is 2.96. The van der Waals surface area contributed by atoms with Crippen LogP contribution in [0.5, 0.6) is 11.5 Å². The number of rotatable bonds is 8. The van der Waals surface area contributed by atoms with Gasteiger partial charge in [0.1, 0.15) is 24.2 Å². The summed E-state index contributed by atoms with van der Waals surface area (Å²) in [5.74, 6) is 0.598. The second-order valence-corrected chi connectivity index (χ2v) is 9.94. The largest absolute Gasteiger partial charge is 0.489 e. The molecule has 1 aliphatic heterocycles. The van der Waals surface area contributed by atoms with Crippen molar-refractivity contribution in [3.63, 3.8) is 0 Å². The molecule has 0 bridgehead atoms. The highest BCUT2D eigenvalue weighted by molar-refractivity contribution is 9.10. The molecule has 2 N–H and O–H groups in total. The molecule has 2 aromatic carbocycles. The third-order valence-corrected chi connectivity index (χ3v) is 6.78. The van der Waals surface area contributed by atoms with E-state index in [4.69, 9.17) is 18.9 Å². The lowest BCUT2D eigenvalue weighted by Gasteiger charge is -2.32. The van der Waals surface area contributed by atoms with E-state index in [-0.39, 0.29) is 19.8 Å². The van der Waals surface area contributed by atoms with Gasteiger partial charge in [-0.1, -0.05) is 15.9 Å². The Morgan fingerprint density at radius 3 is 2.59 bits per heavy atom. The SMILES string of the molecule is CCOC(=O)c1ccc(OC(=O)N2CCO[C@@H](COc3cc(C)c(Br)cc3NC(=O)Nc3cnc(C)cn3)C2)cc1. The molecule has 1 saturated heterocycles. The summed E-state index contributed by atoms with van der Waals surface area (Å²) in [7, 11) is 0. The number of benzene rings is 2. The summed E-state index contributed by atoms with van der Waals surface area (Å²) in [5, 5.41) is 5.41. The normalized spacial score (nSPS) is 14.6. The predicted octanol–water partition coefficient (Wildman–Crippen LogP) is 4.96. The molecule has 3 amide bonds. The van der Waals surface area contributed by atoms with E-state index in [1.165, 1.54) is 35.4 Å². The molecule has 2 heterocycles. The predicted molar refractivity (Wildman–Crippen MR) is 154 cm³/mol. The van der Waals surface area contributed by atoms with Gasteiger partial charge in [0.15, 0.2) is 5.82 Å². The molecule has 1 atom stereocenters. The number of morpholine rings is 1. The van der Waals surface area contributed by atoms with Crippen LogP contribution in [-0.4, -0.2) is 72.0 Å². The summed E-state index contributed by atoms with van der Waals surface area (Å²) >= 11 is 3.49. The molecule has 0 aliphatic carbocycles. The first-order valence-electron chi connectivity index (χ1n) is 12.9. The van der Waals surface area contributed by atoms with Crippen molar-refractivity contribution in [1.29, 1.82) is 0 Å². The number of carbonyl (C=O) groups is 3. The van der Waals surface area contributed by atoms with Crippen molar-refractivity contribution < 1.29 is 33.3 Å². The van der Waals surface area contributed by atoms with Gasteiger partial charge in [0.05, 0.1) is 49.1 Å². The molecule has 41 heavy (non-hydrogen) atoms. The van der Waals surface area contributed by atoms with Crippen molar-refractivity contribution in [2.24, 2.45) is 0 Å². The Morgan fingerprint density at radius 1 is 1.10 bits per heavy atom. The number of anilines is 2. The molecule has 1 fully saturated rings. The van der Waals surface area contributed by atoms with Crippen molar-refractivity contribution in [3.05, 3.63) is 70.1 Å². The van der Waals surface area contributed by atoms with Gasteiger partial charge in [0.2, 0.25) is 0 Å². The van der Waals surface area contributed by atoms with Crippen LogP contribution in [-0.2, 0) is 9.47 Å². The first kappa shape index (κ1) is 29.7. The lowest BCUT2D eigenvalue weighted by atomic mass is 10.2. The topological polar surface area (TPSA) is 141 Å². The number of aryl methyl sites for hydroxylation is 2. The van der Waals surface area contributed by atoms with Crippen LogP contribution in [0.4, 0.5) is 21.1 Å². The number of aromatic nitrogens is 2. The third kappa shape index (κ3) is 8.38. The molecule has 0 radical (unpaired) electrons. The summed E-state index contributed by atoms with van der Waals surface area (Å²) in [4.78, 5) is 47.0. The smallest absolute Gasteiger partial charge is 0.415 e. The molecule has 0 spiro atoms. The fraction of sp³-hybridized carbons (Fsp3) is 0.321. The third-order valence-electron chi connectivity index (χ3n) is 5.92. The fourth-order valence-corrected chi connectivity index (χ4v) is 4.15. The van der Waals surface area contributed by atoms with Gasteiger partial charge >= 0.3 is 18.1 Å². The van der Waals surface area contributed by atoms with E-state index in [0.717, 1.165) is 15.7 Å². The Bertz CT molecular complexity index is 1390. The Labute approximate surface area is 245 Å². The second-order valence-electron chi connectivity index (χ2n) is 9.08. The Kier molecular flexibility index (Phi) is 10.1. The molecule has 4 rings (SSSR count). The maximum absolute atomic E-state index is 12.8. The van der Waals surface area contributed by atoms with E-state index < -0.39 is 24.2 Å². The highest BCUT2D eigenvalue weighted by Crippen LogP contribution is 2.32. The van der Waals surface area contributed by atoms with E-state index in [9.17, 15) is 14.4 Å². The van der Waals surface area contributed by atoms with Crippen LogP contribution >= 0.6 is 15.9 Å². The lowest BCUT2D eigenvalue weighted by Crippen LogP contribution is -2.48. The Hall–Kier alpha value is -4.23. The lowest BCUT2D eigenvalue weighted by molar-refractivity contribution is -0.0400. The van der Waals surface area contributed by atoms with Gasteiger partial charge < -0.3 is 29.2 Å². The van der Waals surface area contributed by atoms with Gasteiger partial charge in [-0.05, 0) is 62.7 Å². The van der Waals surface area contributed by atoms with Crippen LogP contribution in [0.1, 0.15) is 28.5 Å². The summed E-state index contributed by atoms with van der Waals surface area (Å²) in [6.07, 6.45) is 2.04. The van der Waals surface area contributed by atoms with E-state index in [1.807, 2.05) is 6.92 Å². The summed E-state index contributed by atoms with van der Waals surface area (Å²) in [6, 6.07) is 9.17. The van der Waals surface area contributed by atoms with Crippen LogP contribution < -0.4 is 20.1 Å². The molecular weight excluding hydrogens is 598 g/mol. The van der Waals surface area contributed by atoms with Crippen molar-refractivity contribution in [2.75, 3.05) is 43.5 Å². The van der Waals surface area contributed by atoms with Gasteiger partial charge in [-0.25, -0.2) is 19.4 Å². The number of ether oxygens (including phenoxy) is 4. The van der Waals surface area contributed by atoms with Crippen LogP contribution in [0.2, 0.25) is 0 Å². The first-order valence-corrected chi connectivity index (χ1v) is 13.7. The van der Waals surface area contributed by atoms with E-state index in [2.05, 4.69) is 36.5 Å². The molecule has 0 saturated carbocycles. The number of esters is 1. The highest BCUT2D eigenvalue weighted by Gasteiger charge is 2.27. The average molecular weight is 628 g/mol. The summed E-state index contributed by atoms with van der Waals surface area (Å²) in [6.45, 7) is 6.72. The number of urea groups is 1. The molecule has 3 aromatic rings. The van der Waals surface area contributed by atoms with Crippen LogP contribution in [0.25, 0.3) is 0 Å². The van der Waals surface area contributed by atoms with Crippen molar-refractivity contribution in [2.45, 2.75) is 26.9 Å². The Balaban J connectivity index is 1.34. The number of amides is 3.